The predicted molar refractivity (Wildman–Crippen MR) is 254 cm³/mol. The minimum Gasteiger partial charge on any atom is -0.457 e. The van der Waals surface area contributed by atoms with Gasteiger partial charge in [0.15, 0.2) is 0 Å². The highest BCUT2D eigenvalue weighted by atomic mass is 16.5. The third-order valence-electron chi connectivity index (χ3n) is 12.7. The van der Waals surface area contributed by atoms with Crippen molar-refractivity contribution in [1.82, 2.24) is 9.55 Å². The summed E-state index contributed by atoms with van der Waals surface area (Å²) in [5.41, 5.74) is 13.1. The largest absolute Gasteiger partial charge is 0.457 e. The van der Waals surface area contributed by atoms with Crippen LogP contribution in [0.1, 0.15) is 118 Å². The molecule has 8 rings (SSSR count). The topological polar surface area (TPSA) is 33.5 Å². The van der Waals surface area contributed by atoms with Crippen molar-refractivity contribution in [1.29, 1.82) is 0 Å². The zero-order chi connectivity index (χ0) is 42.9. The Morgan fingerprint density at radius 3 is 1.77 bits per heavy atom. The fourth-order valence-corrected chi connectivity index (χ4v) is 8.67. The van der Waals surface area contributed by atoms with Gasteiger partial charge in [0.1, 0.15) is 17.3 Å². The van der Waals surface area contributed by atoms with Crippen LogP contribution in [0.2, 0.25) is 0 Å². The van der Waals surface area contributed by atoms with E-state index in [2.05, 4.69) is 226 Å². The molecule has 0 bridgehead atoms. The first-order valence-electron chi connectivity index (χ1n) is 21.5. The van der Waals surface area contributed by atoms with Crippen LogP contribution in [-0.2, 0) is 21.7 Å². The molecule has 5 aromatic carbocycles. The van der Waals surface area contributed by atoms with Crippen molar-refractivity contribution < 1.29 is 4.74 Å². The van der Waals surface area contributed by atoms with E-state index in [1.54, 1.807) is 0 Å². The standard InChI is InChI=1S/C55H62N4O/c1-36-37(2)58(43-29-40(53(6,7)8)28-41(30-43)54(9,10)11)35-57(36)42-22-19-23-44(32-42)60-45-33-47(55(12,13)38-20-15-14-16-21-38)51-46-24-17-18-25-48(46)59(49(51)34-45)50-31-39(26-27-56-50)52(3,4)5/h14-34H,35H2,1-13H3. The second-order valence-electron chi connectivity index (χ2n) is 20.4. The van der Waals surface area contributed by atoms with E-state index in [1.807, 2.05) is 6.20 Å². The Morgan fingerprint density at radius 2 is 1.12 bits per heavy atom. The maximum atomic E-state index is 7.01. The maximum absolute atomic E-state index is 7.01. The molecule has 0 amide bonds. The molecular formula is C55H62N4O. The highest BCUT2D eigenvalue weighted by Crippen LogP contribution is 2.45. The first-order valence-corrected chi connectivity index (χ1v) is 21.5. The summed E-state index contributed by atoms with van der Waals surface area (Å²) in [6, 6.07) is 44.1. The van der Waals surface area contributed by atoms with Gasteiger partial charge in [-0.15, -0.1) is 0 Å². The second-order valence-corrected chi connectivity index (χ2v) is 20.4. The van der Waals surface area contributed by atoms with Gasteiger partial charge in [0.2, 0.25) is 0 Å². The van der Waals surface area contributed by atoms with E-state index in [9.17, 15) is 0 Å². The molecule has 1 aliphatic rings. The zero-order valence-corrected chi connectivity index (χ0v) is 38.0. The van der Waals surface area contributed by atoms with E-state index in [4.69, 9.17) is 9.72 Å². The molecule has 0 spiro atoms. The van der Waals surface area contributed by atoms with Crippen molar-refractivity contribution >= 4 is 33.2 Å². The lowest BCUT2D eigenvalue weighted by atomic mass is 9.76. The monoisotopic (exact) mass is 794 g/mol. The van der Waals surface area contributed by atoms with E-state index >= 15 is 0 Å². The lowest BCUT2D eigenvalue weighted by molar-refractivity contribution is 0.481. The van der Waals surface area contributed by atoms with Gasteiger partial charge in [-0.3, -0.25) is 4.57 Å². The van der Waals surface area contributed by atoms with Gasteiger partial charge < -0.3 is 14.5 Å². The van der Waals surface area contributed by atoms with Crippen LogP contribution in [0.25, 0.3) is 27.6 Å². The van der Waals surface area contributed by atoms with Crippen molar-refractivity contribution in [2.45, 2.75) is 112 Å². The Bertz CT molecular complexity index is 2730. The molecule has 0 unspecified atom stereocenters. The van der Waals surface area contributed by atoms with Gasteiger partial charge in [-0.05, 0) is 106 Å². The summed E-state index contributed by atoms with van der Waals surface area (Å²) in [4.78, 5) is 9.86. The molecule has 0 radical (unpaired) electrons. The third-order valence-corrected chi connectivity index (χ3v) is 12.7. The summed E-state index contributed by atoms with van der Waals surface area (Å²) in [7, 11) is 0. The van der Waals surface area contributed by atoms with Gasteiger partial charge in [0.25, 0.3) is 0 Å². The molecule has 0 aliphatic carbocycles. The molecule has 0 saturated heterocycles. The first kappa shape index (κ1) is 40.9. The molecule has 2 aromatic heterocycles. The summed E-state index contributed by atoms with van der Waals surface area (Å²) in [5, 5.41) is 2.41. The minimum atomic E-state index is -0.341. The number of benzene rings is 5. The first-order chi connectivity index (χ1) is 28.2. The van der Waals surface area contributed by atoms with Crippen LogP contribution < -0.4 is 14.5 Å². The number of pyridine rings is 1. The SMILES string of the molecule is CC1=C(C)N(c2cc(C(C)(C)C)cc(C(C)(C)C)c2)CN1c1cccc(Oc2cc(C(C)(C)c3ccccc3)c3c4ccccc4n(-c4cc(C(C)(C)C)ccn4)c3c2)c1. The summed E-state index contributed by atoms with van der Waals surface area (Å²) < 4.78 is 9.34. The lowest BCUT2D eigenvalue weighted by Crippen LogP contribution is -2.28. The Hall–Kier alpha value is -5.81. The van der Waals surface area contributed by atoms with E-state index in [1.165, 1.54) is 55.7 Å². The van der Waals surface area contributed by atoms with Gasteiger partial charge in [-0.2, -0.15) is 0 Å². The number of fused-ring (bicyclic) bond motifs is 3. The summed E-state index contributed by atoms with van der Waals surface area (Å²) >= 11 is 0. The Kier molecular flexibility index (Phi) is 10.0. The molecule has 0 N–H and O–H groups in total. The molecule has 5 heteroatoms. The fraction of sp³-hybridized carbons (Fsp3) is 0.327. The van der Waals surface area contributed by atoms with Gasteiger partial charge in [-0.1, -0.05) is 137 Å². The molecule has 0 fully saturated rings. The number of aromatic nitrogens is 2. The average molecular weight is 795 g/mol. The third kappa shape index (κ3) is 7.48. The number of hydrogen-bond donors (Lipinski definition) is 0. The van der Waals surface area contributed by atoms with E-state index < -0.39 is 0 Å². The Balaban J connectivity index is 1.23. The number of allylic oxidation sites excluding steroid dienone is 2. The number of rotatable bonds is 7. The maximum Gasteiger partial charge on any atom is 0.137 e. The van der Waals surface area contributed by atoms with E-state index in [0.717, 1.165) is 40.7 Å². The van der Waals surface area contributed by atoms with E-state index in [0.29, 0.717) is 0 Å². The zero-order valence-electron chi connectivity index (χ0n) is 38.0. The van der Waals surface area contributed by atoms with Crippen molar-refractivity contribution in [2.75, 3.05) is 16.5 Å². The highest BCUT2D eigenvalue weighted by Gasteiger charge is 2.31. The number of para-hydroxylation sites is 1. The predicted octanol–water partition coefficient (Wildman–Crippen LogP) is 14.7. The molecule has 0 saturated carbocycles. The summed E-state index contributed by atoms with van der Waals surface area (Å²) in [6.07, 6.45) is 1.94. The molecule has 7 aromatic rings. The molecule has 60 heavy (non-hydrogen) atoms. The molecule has 308 valence electrons. The minimum absolute atomic E-state index is 0.0273. The van der Waals surface area contributed by atoms with Crippen LogP contribution in [0.5, 0.6) is 11.5 Å². The van der Waals surface area contributed by atoms with Crippen LogP contribution in [0.4, 0.5) is 11.4 Å². The molecular weight excluding hydrogens is 733 g/mol. The van der Waals surface area contributed by atoms with Crippen LogP contribution in [-0.4, -0.2) is 16.2 Å². The molecule has 0 atom stereocenters. The normalized spacial score (nSPS) is 14.2. The Morgan fingerprint density at radius 1 is 0.500 bits per heavy atom. The van der Waals surface area contributed by atoms with Crippen molar-refractivity contribution in [3.8, 4) is 17.3 Å². The summed E-state index contributed by atoms with van der Waals surface area (Å²) in [6.45, 7) is 30.4. The average Bonchev–Trinajstić information content (AvgIpc) is 3.69. The van der Waals surface area contributed by atoms with E-state index in [-0.39, 0.29) is 21.7 Å². The number of anilines is 2. The van der Waals surface area contributed by atoms with Crippen molar-refractivity contribution in [2.24, 2.45) is 0 Å². The van der Waals surface area contributed by atoms with Crippen molar-refractivity contribution in [3.05, 3.63) is 167 Å². The van der Waals surface area contributed by atoms with Crippen molar-refractivity contribution in [3.63, 3.8) is 0 Å². The fourth-order valence-electron chi connectivity index (χ4n) is 8.67. The number of nitrogens with zero attached hydrogens (tertiary/aromatic N) is 4. The Labute approximate surface area is 358 Å². The number of hydrogen-bond acceptors (Lipinski definition) is 4. The smallest absolute Gasteiger partial charge is 0.137 e. The molecule has 5 nitrogen and oxygen atoms in total. The van der Waals surface area contributed by atoms with Crippen LogP contribution in [0.15, 0.2) is 139 Å². The second kappa shape index (κ2) is 14.7. The van der Waals surface area contributed by atoms with Crippen LogP contribution >= 0.6 is 0 Å². The van der Waals surface area contributed by atoms with Gasteiger partial charge in [-0.25, -0.2) is 4.98 Å². The number of ether oxygens (including phenoxy) is 1. The molecule has 1 aliphatic heterocycles. The van der Waals surface area contributed by atoms with Gasteiger partial charge >= 0.3 is 0 Å². The highest BCUT2D eigenvalue weighted by molar-refractivity contribution is 6.11. The quantitative estimate of drug-likeness (QED) is 0.161. The van der Waals surface area contributed by atoms with Crippen LogP contribution in [0.3, 0.4) is 0 Å². The molecule has 3 heterocycles. The lowest BCUT2D eigenvalue weighted by Gasteiger charge is -2.30. The van der Waals surface area contributed by atoms with Crippen LogP contribution in [0, 0.1) is 0 Å². The van der Waals surface area contributed by atoms with Gasteiger partial charge in [0.05, 0.1) is 17.7 Å². The van der Waals surface area contributed by atoms with Gasteiger partial charge in [0, 0.05) is 57.3 Å². The summed E-state index contributed by atoms with van der Waals surface area (Å²) in [5.74, 6) is 2.48.